The second kappa shape index (κ2) is 17.7. The van der Waals surface area contributed by atoms with E-state index in [1.165, 1.54) is 52.0 Å². The minimum Gasteiger partial charge on any atom is -0.851 e. The largest absolute Gasteiger partial charge is 3.00 e. The smallest absolute Gasteiger partial charge is 0.851 e. The summed E-state index contributed by atoms with van der Waals surface area (Å²) in [6.45, 7) is 7.49. The fourth-order valence-corrected chi connectivity index (χ4v) is 10.1. The molecular weight excluding hydrogens is 858 g/mol. The molecule has 4 aliphatic rings. The molecule has 1 amide bonds. The van der Waals surface area contributed by atoms with Gasteiger partial charge in [0, 0.05) is 30.9 Å². The monoisotopic (exact) mass is 906 g/mol. The molecule has 3 aromatic rings. The predicted octanol–water partition coefficient (Wildman–Crippen LogP) is 1.84. The Morgan fingerprint density at radius 2 is 1.40 bits per heavy atom. The van der Waals surface area contributed by atoms with E-state index in [-0.39, 0.29) is 57.9 Å². The number of rotatable bonds is 10. The Bertz CT molecular complexity index is 2290. The van der Waals surface area contributed by atoms with Crippen LogP contribution >= 0.6 is 0 Å². The number of ether oxygens (including phenoxy) is 5. The molecule has 63 heavy (non-hydrogen) atoms. The van der Waals surface area contributed by atoms with Crippen molar-refractivity contribution in [2.75, 3.05) is 6.61 Å². The van der Waals surface area contributed by atoms with E-state index in [9.17, 15) is 34.2 Å². The fourth-order valence-electron chi connectivity index (χ4n) is 10.1. The molecule has 0 unspecified atom stereocenters. The number of ketones is 1. The topological polar surface area (TPSA) is 230 Å². The molecule has 3 fully saturated rings. The summed E-state index contributed by atoms with van der Waals surface area (Å²) >= 11 is 0. The van der Waals surface area contributed by atoms with Gasteiger partial charge < -0.3 is 44.3 Å². The summed E-state index contributed by atoms with van der Waals surface area (Å²) in [6, 6.07) is 22.3. The first-order valence-electron chi connectivity index (χ1n) is 20.4. The maximum Gasteiger partial charge on any atom is 3.00 e. The Kier molecular flexibility index (Phi) is 13.3. The number of hydrogen-bond acceptors (Lipinski definition) is 14. The van der Waals surface area contributed by atoms with Crippen LogP contribution in [0.2, 0.25) is 0 Å². The van der Waals surface area contributed by atoms with Crippen molar-refractivity contribution in [3.05, 3.63) is 119 Å². The van der Waals surface area contributed by atoms with Gasteiger partial charge in [-0.05, 0) is 66.2 Å². The Morgan fingerprint density at radius 3 is 1.94 bits per heavy atom. The van der Waals surface area contributed by atoms with Crippen molar-refractivity contribution in [2.45, 2.75) is 108 Å². The van der Waals surface area contributed by atoms with E-state index in [1.807, 2.05) is 0 Å². The number of amides is 1. The second-order valence-corrected chi connectivity index (χ2v) is 17.3. The predicted molar refractivity (Wildman–Crippen MR) is 211 cm³/mol. The van der Waals surface area contributed by atoms with Gasteiger partial charge in [-0.1, -0.05) is 93.1 Å². The Morgan fingerprint density at radius 1 is 0.825 bits per heavy atom. The number of nitrogens with one attached hydrogen (secondary N) is 1. The third kappa shape index (κ3) is 8.02. The molecule has 3 aliphatic carbocycles. The number of benzene rings is 3. The summed E-state index contributed by atoms with van der Waals surface area (Å²) in [5.74, 6) is -7.45. The molecule has 1 N–H and O–H groups in total. The van der Waals surface area contributed by atoms with Gasteiger partial charge >= 0.3 is 35.0 Å². The molecule has 3 aromatic carbocycles. The van der Waals surface area contributed by atoms with Gasteiger partial charge in [-0.25, -0.2) is 4.79 Å². The maximum absolute atomic E-state index is 16.6. The molecular formula is C47H48FeNO14. The van der Waals surface area contributed by atoms with Gasteiger partial charge in [0.2, 0.25) is 0 Å². The normalized spacial score (nSPS) is 31.3. The van der Waals surface area contributed by atoms with Gasteiger partial charge in [0.25, 0.3) is 11.9 Å². The van der Waals surface area contributed by atoms with Crippen molar-refractivity contribution in [1.29, 1.82) is 0 Å². The van der Waals surface area contributed by atoms with E-state index < -0.39 is 113 Å². The molecule has 16 heteroatoms. The summed E-state index contributed by atoms with van der Waals surface area (Å²) in [5, 5.41) is 48.1. The van der Waals surface area contributed by atoms with E-state index >= 15 is 9.90 Å². The van der Waals surface area contributed by atoms with Crippen LogP contribution in [0.15, 0.2) is 102 Å². The van der Waals surface area contributed by atoms with Gasteiger partial charge in [0.15, 0.2) is 17.5 Å². The molecule has 11 atom stereocenters. The first kappa shape index (κ1) is 47.3. The number of Topliss-reactive ketones (excluding diaryl/α,β-unsaturated/α-hetero) is 1. The Hall–Kier alpha value is -5.22. The van der Waals surface area contributed by atoms with E-state index in [0.29, 0.717) is 0 Å². The van der Waals surface area contributed by atoms with E-state index in [1.54, 1.807) is 66.7 Å². The van der Waals surface area contributed by atoms with Crippen molar-refractivity contribution in [3.8, 4) is 0 Å². The van der Waals surface area contributed by atoms with Gasteiger partial charge in [-0.2, -0.15) is 0 Å². The molecule has 1 radical (unpaired) electrons. The minimum atomic E-state index is -2.69. The third-order valence-corrected chi connectivity index (χ3v) is 13.4. The molecule has 7 rings (SSSR count). The molecule has 2 bridgehead atoms. The van der Waals surface area contributed by atoms with Gasteiger partial charge in [-0.15, -0.1) is 6.10 Å². The zero-order valence-electron chi connectivity index (χ0n) is 35.5. The average molecular weight is 907 g/mol. The third-order valence-electron chi connectivity index (χ3n) is 13.4. The summed E-state index contributed by atoms with van der Waals surface area (Å²) in [4.78, 5) is 83.1. The van der Waals surface area contributed by atoms with Gasteiger partial charge in [-0.3, -0.25) is 24.0 Å². The van der Waals surface area contributed by atoms with Crippen molar-refractivity contribution >= 4 is 35.6 Å². The standard InChI is InChI=1S/C47H48NO14.Fe/c1-25-31(60-43(56)36(52)35(28-16-10-7-11-17-28)48-41(54)29-18-12-8-13-19-29)23-47(57)40(61-42(55)30-20-14-9-15-21-30)38-45(6,32(51)22-33-46(38,24-58-33)62-27(3)50)39(53)37(59-26(2)49)34(25)44(47,4)5;/h7-21,31-33,35-38,40H,22-24H2,1-6H3,(H,48,54);/q-3;+3/t31-,32-,33+,35-,36+,37+,38-,40-,45+,46-,47+;/m0./s1. The molecule has 15 nitrogen and oxygen atoms in total. The van der Waals surface area contributed by atoms with Crippen LogP contribution < -0.4 is 20.6 Å². The molecule has 1 heterocycles. The van der Waals surface area contributed by atoms with Gasteiger partial charge in [0.1, 0.15) is 12.2 Å². The molecule has 1 aliphatic heterocycles. The van der Waals surface area contributed by atoms with Crippen LogP contribution in [0, 0.1) is 16.7 Å². The fraction of sp³-hybridized carbons (Fsp3) is 0.447. The van der Waals surface area contributed by atoms with Crippen LogP contribution in [0.25, 0.3) is 0 Å². The summed E-state index contributed by atoms with van der Waals surface area (Å²) in [5.41, 5.74) is -8.09. The van der Waals surface area contributed by atoms with Gasteiger partial charge in [0.05, 0.1) is 30.2 Å². The Labute approximate surface area is 374 Å². The van der Waals surface area contributed by atoms with Crippen LogP contribution in [0.1, 0.15) is 86.7 Å². The summed E-state index contributed by atoms with van der Waals surface area (Å²) in [6.07, 6.45) is -11.9. The summed E-state index contributed by atoms with van der Waals surface area (Å²) < 4.78 is 29.9. The van der Waals surface area contributed by atoms with Crippen molar-refractivity contribution in [1.82, 2.24) is 5.32 Å². The van der Waals surface area contributed by atoms with Crippen LogP contribution in [0.5, 0.6) is 0 Å². The molecule has 0 aromatic heterocycles. The van der Waals surface area contributed by atoms with Crippen molar-refractivity contribution in [2.24, 2.45) is 16.7 Å². The average Bonchev–Trinajstić information content (AvgIpc) is 3.24. The zero-order chi connectivity index (χ0) is 44.9. The SMILES string of the molecule is CC(=O)O[C@H]1C(=O)[C@@]2(C)[C@H]([C@H](OC(=O)c3ccccc3)[C@]3([O-])C[C@H](OC(=O)[C@H]([O-])[C@@H](NC(=O)c4ccccc4)c4ccccc4)C(C)=C1C3(C)C)[C@]1(OC(C)=O)CO[C@@H]1C[C@@H]2[O-].[Fe+3]. The number of fused-ring (bicyclic) bond motifs is 5. The van der Waals surface area contributed by atoms with Crippen LogP contribution in [-0.2, 0) is 59.9 Å². The van der Waals surface area contributed by atoms with Crippen LogP contribution in [0.4, 0.5) is 0 Å². The number of carbonyl (C=O) groups excluding carboxylic acids is 6. The molecule has 0 spiro atoms. The number of hydrogen-bond donors (Lipinski definition) is 1. The molecule has 1 saturated heterocycles. The molecule has 2 saturated carbocycles. The van der Waals surface area contributed by atoms with E-state index in [2.05, 4.69) is 5.32 Å². The quantitative estimate of drug-likeness (QED) is 0.133. The number of esters is 4. The maximum atomic E-state index is 16.6. The zero-order valence-corrected chi connectivity index (χ0v) is 36.6. The van der Waals surface area contributed by atoms with E-state index in [0.717, 1.165) is 13.8 Å². The summed E-state index contributed by atoms with van der Waals surface area (Å²) in [7, 11) is 0. The van der Waals surface area contributed by atoms with Crippen molar-refractivity contribution < 1.29 is 84.8 Å². The number of carbonyl (C=O) groups is 6. The minimum absolute atomic E-state index is 0. The first-order chi connectivity index (χ1) is 29.3. The Balaban J connectivity index is 0.00000661. The van der Waals surface area contributed by atoms with Crippen molar-refractivity contribution in [3.63, 3.8) is 0 Å². The second-order valence-electron chi connectivity index (χ2n) is 17.3. The first-order valence-corrected chi connectivity index (χ1v) is 20.4. The van der Waals surface area contributed by atoms with E-state index in [4.69, 9.17) is 23.7 Å². The molecule has 333 valence electrons. The van der Waals surface area contributed by atoms with Crippen LogP contribution in [0.3, 0.4) is 0 Å². The van der Waals surface area contributed by atoms with Crippen LogP contribution in [-0.4, -0.2) is 90.0 Å².